The van der Waals surface area contributed by atoms with Gasteiger partial charge in [-0.25, -0.2) is 0 Å². The summed E-state index contributed by atoms with van der Waals surface area (Å²) in [5, 5.41) is 39.7. The Balaban J connectivity index is 0.000000165. The van der Waals surface area contributed by atoms with Gasteiger partial charge in [-0.1, -0.05) is 334 Å². The summed E-state index contributed by atoms with van der Waals surface area (Å²) >= 11 is 21.5. The van der Waals surface area contributed by atoms with E-state index in [1.165, 1.54) is 98.4 Å². The summed E-state index contributed by atoms with van der Waals surface area (Å²) in [4.78, 5) is 4.79. The first-order valence-electron chi connectivity index (χ1n) is 38.4. The van der Waals surface area contributed by atoms with Gasteiger partial charge in [-0.05, 0) is 214 Å². The first kappa shape index (κ1) is 82.1. The van der Waals surface area contributed by atoms with Gasteiger partial charge < -0.3 is 14.9 Å². The summed E-state index contributed by atoms with van der Waals surface area (Å²) in [5.74, 6) is 0. The number of alkyl halides is 3. The maximum atomic E-state index is 13.0. The summed E-state index contributed by atoms with van der Waals surface area (Å²) in [6.45, 7) is 22.7. The smallest absolute Gasteiger partial charge is 0.382 e. The van der Waals surface area contributed by atoms with Gasteiger partial charge in [0, 0.05) is 55.0 Å². The van der Waals surface area contributed by atoms with Crippen molar-refractivity contribution in [3.63, 3.8) is 0 Å². The first-order valence-corrected chi connectivity index (χ1v) is 43.2. The molecular weight excluding hydrogens is 1560 g/mol. The Morgan fingerprint density at radius 2 is 0.565 bits per heavy atom. The number of benzene rings is 12. The number of aliphatic hydroxyl groups is 2. The van der Waals surface area contributed by atoms with Crippen molar-refractivity contribution in [3.05, 3.63) is 423 Å². The van der Waals surface area contributed by atoms with Crippen LogP contribution in [0.2, 0.25) is 0 Å². The second-order valence-corrected chi connectivity index (χ2v) is 35.2. The predicted octanol–water partition coefficient (Wildman–Crippen LogP) is 28.9. The SMILES string of the molecule is CCOCC.Cc1ccc(C(O)(c2ccc(C)cc2)c2ccsc2-c2cccc3c(-c4sccc4C(O)(c4ccc(C)cc4)c4ccc(C)cc4)cccc23)cc1.Cc1ccc(C2(c3ccc(C)cc3)c3ccsc3-c3ccc4c5c(ccc2c35)-c2sccc2C4(c2ccc(C)cc2)c2ccc(C)cc2)cc1.ClC(Cl)Cl.FB(F)F. The lowest BCUT2D eigenvalue weighted by molar-refractivity contribution is 0.126. The van der Waals surface area contributed by atoms with Crippen LogP contribution in [0.1, 0.15) is 136 Å². The fourth-order valence-corrected chi connectivity index (χ4v) is 20.8. The van der Waals surface area contributed by atoms with Crippen molar-refractivity contribution in [2.45, 2.75) is 95.6 Å². The van der Waals surface area contributed by atoms with Crippen molar-refractivity contribution in [1.29, 1.82) is 0 Å². The van der Waals surface area contributed by atoms with Gasteiger partial charge in [-0.2, -0.15) is 0 Å². The van der Waals surface area contributed by atoms with Gasteiger partial charge in [0.1, 0.15) is 11.2 Å². The molecule has 0 unspecified atom stereocenters. The van der Waals surface area contributed by atoms with Crippen molar-refractivity contribution < 1.29 is 27.9 Å². The molecule has 0 bridgehead atoms. The molecule has 4 heterocycles. The average Bonchev–Trinajstić information content (AvgIpc) is 1.65. The van der Waals surface area contributed by atoms with Crippen molar-refractivity contribution in [2.75, 3.05) is 13.2 Å². The van der Waals surface area contributed by atoms with Crippen LogP contribution in [-0.4, -0.2) is 35.3 Å². The van der Waals surface area contributed by atoms with E-state index in [-0.39, 0.29) is 0 Å². The van der Waals surface area contributed by atoms with E-state index in [1.807, 2.05) is 85.1 Å². The van der Waals surface area contributed by atoms with Gasteiger partial charge >= 0.3 is 7.54 Å². The van der Waals surface area contributed by atoms with Gasteiger partial charge in [0.05, 0.1) is 10.8 Å². The minimum atomic E-state index is -3.67. The number of halogens is 6. The molecule has 18 rings (SSSR count). The van der Waals surface area contributed by atoms with Crippen LogP contribution in [0.5, 0.6) is 0 Å². The van der Waals surface area contributed by atoms with Gasteiger partial charge in [-0.3, -0.25) is 12.9 Å². The van der Waals surface area contributed by atoms with Gasteiger partial charge in [0.15, 0.2) is 4.30 Å². The molecule has 0 fully saturated rings. The van der Waals surface area contributed by atoms with E-state index in [0.29, 0.717) is 0 Å². The zero-order valence-electron chi connectivity index (χ0n) is 65.6. The number of hydrogen-bond donors (Lipinski definition) is 2. The van der Waals surface area contributed by atoms with Crippen LogP contribution >= 0.6 is 80.1 Å². The Bertz CT molecular complexity index is 5490. The van der Waals surface area contributed by atoms with Crippen molar-refractivity contribution in [3.8, 4) is 41.8 Å². The lowest BCUT2D eigenvalue weighted by atomic mass is 9.57. The van der Waals surface area contributed by atoms with Crippen molar-refractivity contribution >= 4 is 109 Å². The van der Waals surface area contributed by atoms with Crippen molar-refractivity contribution in [2.24, 2.45) is 0 Å². The maximum Gasteiger partial charge on any atom is 0.762 e. The Kier molecular flexibility index (Phi) is 24.8. The molecule has 0 saturated carbocycles. The van der Waals surface area contributed by atoms with Crippen LogP contribution < -0.4 is 0 Å². The van der Waals surface area contributed by atoms with Crippen LogP contribution in [-0.2, 0) is 26.8 Å². The molecule has 0 aliphatic heterocycles. The normalized spacial score (nSPS) is 12.8. The van der Waals surface area contributed by atoms with E-state index in [4.69, 9.17) is 39.5 Å². The molecule has 115 heavy (non-hydrogen) atoms. The first-order chi connectivity index (χ1) is 55.5. The molecule has 3 nitrogen and oxygen atoms in total. The minimum Gasteiger partial charge on any atom is -0.382 e. The molecule has 0 amide bonds. The van der Waals surface area contributed by atoms with Crippen LogP contribution in [0.3, 0.4) is 0 Å². The van der Waals surface area contributed by atoms with E-state index in [0.717, 1.165) is 101 Å². The Hall–Kier alpha value is -9.44. The Labute approximate surface area is 704 Å². The van der Waals surface area contributed by atoms with Gasteiger partial charge in [-0.15, -0.1) is 45.3 Å². The zero-order valence-corrected chi connectivity index (χ0v) is 71.2. The summed E-state index contributed by atoms with van der Waals surface area (Å²) in [6, 6.07) is 102. The Morgan fingerprint density at radius 1 is 0.322 bits per heavy atom. The van der Waals surface area contributed by atoms with Gasteiger partial charge in [0.2, 0.25) is 0 Å². The largest absolute Gasteiger partial charge is 0.762 e. The van der Waals surface area contributed by atoms with E-state index >= 15 is 0 Å². The second kappa shape index (κ2) is 34.8. The predicted molar refractivity (Wildman–Crippen MR) is 485 cm³/mol. The van der Waals surface area contributed by atoms with Crippen LogP contribution in [0.4, 0.5) is 12.9 Å². The van der Waals surface area contributed by atoms with E-state index in [1.54, 1.807) is 22.7 Å². The topological polar surface area (TPSA) is 49.7 Å². The number of ether oxygens (including phenoxy) is 1. The number of rotatable bonds is 14. The van der Waals surface area contributed by atoms with Crippen LogP contribution in [0.25, 0.3) is 63.3 Å². The highest BCUT2D eigenvalue weighted by atomic mass is 35.6. The fourth-order valence-electron chi connectivity index (χ4n) is 16.9. The highest BCUT2D eigenvalue weighted by Gasteiger charge is 2.50. The van der Waals surface area contributed by atoms with E-state index in [9.17, 15) is 23.2 Å². The summed E-state index contributed by atoms with van der Waals surface area (Å²) in [7, 11) is -3.67. The third-order valence-corrected chi connectivity index (χ3v) is 26.1. The van der Waals surface area contributed by atoms with Gasteiger partial charge in [0.25, 0.3) is 0 Å². The van der Waals surface area contributed by atoms with Crippen LogP contribution in [0.15, 0.2) is 301 Å². The third-order valence-electron chi connectivity index (χ3n) is 22.3. The molecule has 0 saturated heterocycles. The summed E-state index contributed by atoms with van der Waals surface area (Å²) in [5.41, 5.74) is 26.6. The van der Waals surface area contributed by atoms with Crippen LogP contribution in [0, 0.1) is 55.4 Å². The lowest BCUT2D eigenvalue weighted by Gasteiger charge is -2.44. The summed E-state index contributed by atoms with van der Waals surface area (Å²) < 4.78 is 33.1. The standard InChI is InChI=1S/C48H40O2S2.C48H36S2.C4H10O.CHCl3.BF3/c1-31-11-19-35(20-12-31)47(49,36-21-13-32(2)14-22-36)43-27-29-51-45(43)41-9-5-8-40-39(41)7-6-10-42(40)46-44(28-30-52-46)48(50,37-23-15-33(3)16-24-37)38-25-17-34(4)18-26-38;1-29-5-13-33(14-6-29)47(34-15-7-30(2)8-16-34)39-23-21-38-44-40(24-22-37(43(39)44)45-41(47)25-27-49-45)48(42-26-28-50-46(38)42,35-17-9-31(3)10-18-35)36-19-11-32(4)12-20-36;1-3-5-4-2;2*2-1(3)4/h5-30,49-50H,1-4H3;5-28H,1-4H3;3-4H2,1-2H3;1H;. The minimum absolute atomic E-state index is 0.465. The third kappa shape index (κ3) is 15.5. The molecular formula is C101H87BCl3F3O3S4. The van der Waals surface area contributed by atoms with E-state index < -0.39 is 33.9 Å². The summed E-state index contributed by atoms with van der Waals surface area (Å²) in [6.07, 6.45) is 0. The number of fused-ring (bicyclic) bond motifs is 5. The molecule has 0 radical (unpaired) electrons. The lowest BCUT2D eigenvalue weighted by Crippen LogP contribution is -2.35. The molecule has 14 heteroatoms. The highest BCUT2D eigenvalue weighted by Crippen LogP contribution is 2.64. The van der Waals surface area contributed by atoms with E-state index in [2.05, 4.69) is 307 Å². The number of hydrogen-bond acceptors (Lipinski definition) is 7. The number of thiophene rings is 4. The second-order valence-electron chi connectivity index (χ2n) is 29.6. The molecule has 2 aliphatic carbocycles. The molecule has 578 valence electrons. The quantitative estimate of drug-likeness (QED) is 0.0843. The molecule has 12 aromatic carbocycles. The molecule has 16 aromatic rings. The Morgan fingerprint density at radius 3 is 0.817 bits per heavy atom. The fraction of sp³-hybridized carbons (Fsp3) is 0.168. The molecule has 2 aliphatic rings. The highest BCUT2D eigenvalue weighted by molar-refractivity contribution is 7.15. The number of aryl methyl sites for hydroxylation is 8. The zero-order chi connectivity index (χ0) is 81.1. The molecule has 0 spiro atoms. The molecule has 4 aromatic heterocycles. The van der Waals surface area contributed by atoms with Crippen molar-refractivity contribution in [1.82, 2.24) is 0 Å². The monoisotopic (exact) mass is 1650 g/mol. The average molecular weight is 1650 g/mol. The molecule has 2 N–H and O–H groups in total. The molecule has 0 atom stereocenters. The maximum absolute atomic E-state index is 13.0.